The van der Waals surface area contributed by atoms with Gasteiger partial charge in [-0.25, -0.2) is 9.97 Å². The first-order valence-electron chi connectivity index (χ1n) is 11.0. The zero-order valence-corrected chi connectivity index (χ0v) is 18.0. The lowest BCUT2D eigenvalue weighted by molar-refractivity contribution is -0.120. The van der Waals surface area contributed by atoms with Gasteiger partial charge in [0.05, 0.1) is 18.3 Å². The molecule has 32 heavy (non-hydrogen) atoms. The Balaban J connectivity index is 1.16. The molecule has 8 heteroatoms. The van der Waals surface area contributed by atoms with Crippen molar-refractivity contribution in [3.63, 3.8) is 0 Å². The van der Waals surface area contributed by atoms with Gasteiger partial charge in [0, 0.05) is 48.0 Å². The van der Waals surface area contributed by atoms with Gasteiger partial charge in [-0.15, -0.1) is 0 Å². The fraction of sp³-hybridized carbons (Fsp3) is 0.333. The van der Waals surface area contributed by atoms with Crippen molar-refractivity contribution in [2.45, 2.75) is 38.3 Å². The molecular formula is C24H26N6O2. The first kappa shape index (κ1) is 20.4. The molecule has 0 unspecified atom stereocenters. The SMILES string of the molecule is COc1ccc2nccc(NC(=O)[C@H]3CC[C@H](NCc4cc5cccnc5[nH]4)CC3)c2n1. The number of hydrogen-bond donors (Lipinski definition) is 3. The Morgan fingerprint density at radius 1 is 1.12 bits per heavy atom. The number of rotatable bonds is 6. The fourth-order valence-corrected chi connectivity index (χ4v) is 4.38. The van der Waals surface area contributed by atoms with Gasteiger partial charge in [0.25, 0.3) is 0 Å². The van der Waals surface area contributed by atoms with Crippen LogP contribution < -0.4 is 15.4 Å². The minimum absolute atomic E-state index is 0.000788. The van der Waals surface area contributed by atoms with Gasteiger partial charge in [-0.05, 0) is 56.0 Å². The van der Waals surface area contributed by atoms with Gasteiger partial charge in [0.1, 0.15) is 11.2 Å². The monoisotopic (exact) mass is 430 g/mol. The number of nitrogens with one attached hydrogen (secondary N) is 3. The van der Waals surface area contributed by atoms with E-state index < -0.39 is 0 Å². The highest BCUT2D eigenvalue weighted by atomic mass is 16.5. The maximum Gasteiger partial charge on any atom is 0.227 e. The number of nitrogens with zero attached hydrogens (tertiary/aromatic N) is 3. The molecule has 1 fully saturated rings. The molecule has 8 nitrogen and oxygen atoms in total. The summed E-state index contributed by atoms with van der Waals surface area (Å²) in [6.45, 7) is 0.772. The van der Waals surface area contributed by atoms with Crippen LogP contribution in [-0.2, 0) is 11.3 Å². The van der Waals surface area contributed by atoms with Crippen molar-refractivity contribution < 1.29 is 9.53 Å². The van der Waals surface area contributed by atoms with E-state index in [-0.39, 0.29) is 11.8 Å². The second-order valence-electron chi connectivity index (χ2n) is 8.23. The Morgan fingerprint density at radius 3 is 2.81 bits per heavy atom. The van der Waals surface area contributed by atoms with Crippen molar-refractivity contribution in [1.82, 2.24) is 25.3 Å². The quantitative estimate of drug-likeness (QED) is 0.430. The van der Waals surface area contributed by atoms with Crippen LogP contribution in [0.3, 0.4) is 0 Å². The lowest BCUT2D eigenvalue weighted by atomic mass is 9.85. The van der Waals surface area contributed by atoms with Gasteiger partial charge in [0.15, 0.2) is 0 Å². The van der Waals surface area contributed by atoms with Crippen LogP contribution in [0.2, 0.25) is 0 Å². The largest absolute Gasteiger partial charge is 0.481 e. The Labute approximate surface area is 185 Å². The number of aromatic amines is 1. The van der Waals surface area contributed by atoms with E-state index in [0.717, 1.165) is 54.5 Å². The molecule has 1 saturated carbocycles. The smallest absolute Gasteiger partial charge is 0.227 e. The second kappa shape index (κ2) is 8.92. The van der Waals surface area contributed by atoms with Crippen molar-refractivity contribution >= 4 is 33.7 Å². The number of amides is 1. The third-order valence-electron chi connectivity index (χ3n) is 6.15. The molecule has 5 rings (SSSR count). The number of H-pyrrole nitrogens is 1. The first-order chi connectivity index (χ1) is 15.7. The maximum absolute atomic E-state index is 12.9. The Morgan fingerprint density at radius 2 is 2.00 bits per heavy atom. The predicted molar refractivity (Wildman–Crippen MR) is 123 cm³/mol. The van der Waals surface area contributed by atoms with E-state index in [1.165, 1.54) is 0 Å². The minimum Gasteiger partial charge on any atom is -0.481 e. The molecule has 0 atom stereocenters. The number of carbonyl (C=O) groups is 1. The van der Waals surface area contributed by atoms with Crippen LogP contribution in [0.1, 0.15) is 31.4 Å². The number of pyridine rings is 3. The van der Waals surface area contributed by atoms with Gasteiger partial charge in [0.2, 0.25) is 11.8 Å². The lowest BCUT2D eigenvalue weighted by Crippen LogP contribution is -2.36. The van der Waals surface area contributed by atoms with Gasteiger partial charge < -0.3 is 20.4 Å². The highest BCUT2D eigenvalue weighted by Crippen LogP contribution is 2.28. The van der Waals surface area contributed by atoms with Gasteiger partial charge in [-0.2, -0.15) is 0 Å². The Kier molecular flexibility index (Phi) is 5.68. The predicted octanol–water partition coefficient (Wildman–Crippen LogP) is 3.80. The van der Waals surface area contributed by atoms with Crippen molar-refractivity contribution in [1.29, 1.82) is 0 Å². The number of fused-ring (bicyclic) bond motifs is 2. The highest BCUT2D eigenvalue weighted by molar-refractivity contribution is 6.00. The Hall–Kier alpha value is -3.52. The molecule has 4 aromatic heterocycles. The second-order valence-corrected chi connectivity index (χ2v) is 8.23. The number of hydrogen-bond acceptors (Lipinski definition) is 6. The first-order valence-corrected chi connectivity index (χ1v) is 11.0. The normalized spacial score (nSPS) is 18.7. The van der Waals surface area contributed by atoms with E-state index in [9.17, 15) is 4.79 Å². The van der Waals surface area contributed by atoms with Crippen molar-refractivity contribution in [3.05, 3.63) is 54.5 Å². The van der Waals surface area contributed by atoms with Gasteiger partial charge in [-0.1, -0.05) is 0 Å². The number of aromatic nitrogens is 4. The molecule has 4 heterocycles. The summed E-state index contributed by atoms with van der Waals surface area (Å²) in [5, 5.41) is 7.81. The van der Waals surface area contributed by atoms with E-state index in [1.54, 1.807) is 31.6 Å². The number of carbonyl (C=O) groups excluding carboxylic acids is 1. The molecular weight excluding hydrogens is 404 g/mol. The third kappa shape index (κ3) is 4.27. The van der Waals surface area contributed by atoms with Crippen molar-refractivity contribution in [3.8, 4) is 5.88 Å². The molecule has 3 N–H and O–H groups in total. The van der Waals surface area contributed by atoms with Crippen LogP contribution in [-0.4, -0.2) is 39.0 Å². The van der Waals surface area contributed by atoms with E-state index >= 15 is 0 Å². The fourth-order valence-electron chi connectivity index (χ4n) is 4.38. The molecule has 0 bridgehead atoms. The Bertz CT molecular complexity index is 1210. The lowest BCUT2D eigenvalue weighted by Gasteiger charge is -2.28. The van der Waals surface area contributed by atoms with Crippen LogP contribution in [0.15, 0.2) is 48.8 Å². The van der Waals surface area contributed by atoms with Crippen LogP contribution >= 0.6 is 0 Å². The summed E-state index contributed by atoms with van der Waals surface area (Å²) in [5.74, 6) is 0.541. The van der Waals surface area contributed by atoms with Crippen LogP contribution in [0.25, 0.3) is 22.1 Å². The topological polar surface area (TPSA) is 105 Å². The summed E-state index contributed by atoms with van der Waals surface area (Å²) in [7, 11) is 1.57. The molecule has 164 valence electrons. The zero-order chi connectivity index (χ0) is 21.9. The van der Waals surface area contributed by atoms with E-state index in [0.29, 0.717) is 23.1 Å². The third-order valence-corrected chi connectivity index (χ3v) is 6.15. The molecule has 0 aromatic carbocycles. The molecule has 0 spiro atoms. The van der Waals surface area contributed by atoms with Gasteiger partial charge >= 0.3 is 0 Å². The summed E-state index contributed by atoms with van der Waals surface area (Å²) in [6.07, 6.45) is 7.14. The van der Waals surface area contributed by atoms with Crippen molar-refractivity contribution in [2.24, 2.45) is 5.92 Å². The summed E-state index contributed by atoms with van der Waals surface area (Å²) in [4.78, 5) is 29.4. The van der Waals surface area contributed by atoms with Crippen LogP contribution in [0, 0.1) is 5.92 Å². The molecule has 1 aliphatic rings. The molecule has 1 aliphatic carbocycles. The summed E-state index contributed by atoms with van der Waals surface area (Å²) < 4.78 is 5.22. The summed E-state index contributed by atoms with van der Waals surface area (Å²) >= 11 is 0. The maximum atomic E-state index is 12.9. The average Bonchev–Trinajstić information content (AvgIpc) is 3.26. The highest BCUT2D eigenvalue weighted by Gasteiger charge is 2.26. The molecule has 1 amide bonds. The zero-order valence-electron chi connectivity index (χ0n) is 18.0. The van der Waals surface area contributed by atoms with Crippen LogP contribution in [0.4, 0.5) is 5.69 Å². The molecule has 0 radical (unpaired) electrons. The van der Waals surface area contributed by atoms with Crippen molar-refractivity contribution in [2.75, 3.05) is 12.4 Å². The van der Waals surface area contributed by atoms with E-state index in [1.807, 2.05) is 12.1 Å². The number of ether oxygens (including phenoxy) is 1. The average molecular weight is 431 g/mol. The van der Waals surface area contributed by atoms with E-state index in [2.05, 4.69) is 42.7 Å². The van der Waals surface area contributed by atoms with Crippen LogP contribution in [0.5, 0.6) is 5.88 Å². The summed E-state index contributed by atoms with van der Waals surface area (Å²) in [6, 6.07) is 11.9. The molecule has 0 aliphatic heterocycles. The minimum atomic E-state index is -0.000788. The molecule has 0 saturated heterocycles. The summed E-state index contributed by atoms with van der Waals surface area (Å²) in [5.41, 5.74) is 4.09. The standard InChI is InChI=1S/C24H26N6O2/c1-32-21-9-8-19-22(30-21)20(10-12-25-19)29-24(31)15-4-6-17(7-5-15)27-14-18-13-16-3-2-11-26-23(16)28-18/h2-3,8-13,15,17,27H,4-7,14H2,1H3,(H,26,28)(H,25,29,31)/t15-,17-. The number of methoxy groups -OCH3 is 1. The van der Waals surface area contributed by atoms with E-state index in [4.69, 9.17) is 4.74 Å². The van der Waals surface area contributed by atoms with Gasteiger partial charge in [-0.3, -0.25) is 9.78 Å². The number of anilines is 1. The molecule has 4 aromatic rings.